The first-order valence-corrected chi connectivity index (χ1v) is 8.83. The average Bonchev–Trinajstić information content (AvgIpc) is 3.25. The highest BCUT2D eigenvalue weighted by Gasteiger charge is 2.41. The van der Waals surface area contributed by atoms with Gasteiger partial charge in [-0.05, 0) is 36.1 Å². The average molecular weight is 340 g/mol. The highest BCUT2D eigenvalue weighted by atomic mass is 32.1. The number of anilines is 1. The van der Waals surface area contributed by atoms with E-state index in [4.69, 9.17) is 15.2 Å². The first-order chi connectivity index (χ1) is 11.7. The molecule has 2 aromatic rings. The van der Waals surface area contributed by atoms with Crippen molar-refractivity contribution in [3.05, 3.63) is 45.8 Å². The molecule has 3 N–H and O–H groups in total. The lowest BCUT2D eigenvalue weighted by atomic mass is 9.79. The zero-order chi connectivity index (χ0) is 16.3. The molecule has 1 unspecified atom stereocenters. The first kappa shape index (κ1) is 13.9. The van der Waals surface area contributed by atoms with Crippen molar-refractivity contribution >= 4 is 27.8 Å². The van der Waals surface area contributed by atoms with Gasteiger partial charge in [0.05, 0.1) is 5.56 Å². The number of ether oxygens (including phenoxy) is 2. The van der Waals surface area contributed by atoms with Crippen LogP contribution in [0.15, 0.2) is 24.3 Å². The van der Waals surface area contributed by atoms with Crippen molar-refractivity contribution in [2.24, 2.45) is 5.73 Å². The van der Waals surface area contributed by atoms with E-state index in [9.17, 15) is 4.79 Å². The van der Waals surface area contributed by atoms with Gasteiger partial charge in [-0.25, -0.2) is 0 Å². The molecule has 5 rings (SSSR count). The monoisotopic (exact) mass is 340 g/mol. The van der Waals surface area contributed by atoms with Gasteiger partial charge >= 0.3 is 0 Å². The molecule has 0 spiro atoms. The molecule has 1 amide bonds. The molecule has 2 aliphatic carbocycles. The number of primary amides is 1. The van der Waals surface area contributed by atoms with Gasteiger partial charge in [-0.1, -0.05) is 12.1 Å². The number of nitrogens with one attached hydrogen (secondary N) is 1. The Balaban J connectivity index is 1.43. The maximum Gasteiger partial charge on any atom is 0.252 e. The third-order valence-corrected chi connectivity index (χ3v) is 6.13. The van der Waals surface area contributed by atoms with E-state index in [0.717, 1.165) is 40.5 Å². The molecule has 0 fully saturated rings. The standard InChI is InChI=1S/C18H16N2O3S/c19-17(21)15-14-10-2-1-3-11(10)16(14)24-18(15)20-7-9-4-5-12-13(6-9)23-8-22-12/h2,4-6,11,20H,1,3,7-8H2,(H2,19,21). The predicted molar refractivity (Wildman–Crippen MR) is 92.7 cm³/mol. The molecule has 1 aromatic carbocycles. The predicted octanol–water partition coefficient (Wildman–Crippen LogP) is 3.46. The van der Waals surface area contributed by atoms with Crippen LogP contribution in [0.1, 0.15) is 45.1 Å². The molecule has 0 saturated heterocycles. The van der Waals surface area contributed by atoms with E-state index >= 15 is 0 Å². The summed E-state index contributed by atoms with van der Waals surface area (Å²) in [7, 11) is 0. The van der Waals surface area contributed by atoms with Crippen molar-refractivity contribution in [3.8, 4) is 11.5 Å². The number of carbonyl (C=O) groups is 1. The third kappa shape index (κ3) is 1.89. The van der Waals surface area contributed by atoms with Crippen LogP contribution in [0.3, 0.4) is 0 Å². The summed E-state index contributed by atoms with van der Waals surface area (Å²) in [6.45, 7) is 0.881. The number of carbonyl (C=O) groups excluding carboxylic acids is 1. The molecule has 6 heteroatoms. The number of rotatable bonds is 4. The SMILES string of the molecule is NC(=O)c1c(NCc2ccc3c(c2)OCO3)sc2c1C1=CCCC12. The molecule has 2 heterocycles. The Kier molecular flexibility index (Phi) is 2.91. The second kappa shape index (κ2) is 5.01. The fourth-order valence-corrected chi connectivity index (χ4v) is 5.13. The van der Waals surface area contributed by atoms with E-state index in [1.165, 1.54) is 10.5 Å². The Hall–Kier alpha value is -2.47. The molecule has 1 atom stereocenters. The van der Waals surface area contributed by atoms with Gasteiger partial charge in [0.2, 0.25) is 6.79 Å². The summed E-state index contributed by atoms with van der Waals surface area (Å²) < 4.78 is 10.7. The summed E-state index contributed by atoms with van der Waals surface area (Å²) in [5, 5.41) is 4.26. The summed E-state index contributed by atoms with van der Waals surface area (Å²) in [4.78, 5) is 13.3. The lowest BCUT2D eigenvalue weighted by Crippen LogP contribution is -2.18. The van der Waals surface area contributed by atoms with E-state index in [-0.39, 0.29) is 12.7 Å². The minimum atomic E-state index is -0.355. The molecule has 122 valence electrons. The van der Waals surface area contributed by atoms with E-state index in [0.29, 0.717) is 18.0 Å². The highest BCUT2D eigenvalue weighted by Crippen LogP contribution is 2.59. The molecule has 24 heavy (non-hydrogen) atoms. The van der Waals surface area contributed by atoms with Crippen molar-refractivity contribution in [1.29, 1.82) is 0 Å². The molecule has 0 saturated carbocycles. The lowest BCUT2D eigenvalue weighted by molar-refractivity contribution is 0.100. The van der Waals surface area contributed by atoms with Crippen LogP contribution in [-0.2, 0) is 6.54 Å². The molecule has 1 aliphatic heterocycles. The Morgan fingerprint density at radius 3 is 3.08 bits per heavy atom. The summed E-state index contributed by atoms with van der Waals surface area (Å²) in [5.74, 6) is 1.70. The molecule has 5 nitrogen and oxygen atoms in total. The van der Waals surface area contributed by atoms with Gasteiger partial charge in [0.1, 0.15) is 5.00 Å². The molecular weight excluding hydrogens is 324 g/mol. The van der Waals surface area contributed by atoms with E-state index in [1.807, 2.05) is 18.2 Å². The summed E-state index contributed by atoms with van der Waals surface area (Å²) >= 11 is 1.67. The number of hydrogen-bond acceptors (Lipinski definition) is 5. The van der Waals surface area contributed by atoms with Gasteiger partial charge < -0.3 is 20.5 Å². The zero-order valence-corrected chi connectivity index (χ0v) is 13.7. The zero-order valence-electron chi connectivity index (χ0n) is 12.9. The molecule has 0 bridgehead atoms. The topological polar surface area (TPSA) is 73.6 Å². The lowest BCUT2D eigenvalue weighted by Gasteiger charge is -2.26. The summed E-state index contributed by atoms with van der Waals surface area (Å²) in [6.07, 6.45) is 4.50. The van der Waals surface area contributed by atoms with E-state index < -0.39 is 0 Å². The molecule has 0 radical (unpaired) electrons. The number of thiophene rings is 1. The Bertz CT molecular complexity index is 900. The van der Waals surface area contributed by atoms with Crippen molar-refractivity contribution in [1.82, 2.24) is 0 Å². The highest BCUT2D eigenvalue weighted by molar-refractivity contribution is 7.17. The number of amides is 1. The summed E-state index contributed by atoms with van der Waals surface area (Å²) in [5.41, 5.74) is 9.78. The van der Waals surface area contributed by atoms with Gasteiger partial charge in [0.25, 0.3) is 5.91 Å². The number of fused-ring (bicyclic) bond motifs is 5. The number of hydrogen-bond donors (Lipinski definition) is 2. The van der Waals surface area contributed by atoms with Gasteiger partial charge in [0.15, 0.2) is 11.5 Å². The van der Waals surface area contributed by atoms with E-state index in [1.54, 1.807) is 11.3 Å². The van der Waals surface area contributed by atoms with Gasteiger partial charge in [-0.15, -0.1) is 11.3 Å². The van der Waals surface area contributed by atoms with Crippen LogP contribution in [0.25, 0.3) is 5.57 Å². The van der Waals surface area contributed by atoms with E-state index in [2.05, 4.69) is 11.4 Å². The van der Waals surface area contributed by atoms with Crippen molar-refractivity contribution in [2.45, 2.75) is 25.3 Å². The Morgan fingerprint density at radius 1 is 1.33 bits per heavy atom. The smallest absolute Gasteiger partial charge is 0.252 e. The molecule has 1 aromatic heterocycles. The maximum atomic E-state index is 12.0. The fourth-order valence-electron chi connectivity index (χ4n) is 3.75. The van der Waals surface area contributed by atoms with Crippen LogP contribution >= 0.6 is 11.3 Å². The molecular formula is C18H16N2O3S. The van der Waals surface area contributed by atoms with Gasteiger partial charge in [-0.3, -0.25) is 4.79 Å². The van der Waals surface area contributed by atoms with Crippen molar-refractivity contribution < 1.29 is 14.3 Å². The van der Waals surface area contributed by atoms with Crippen LogP contribution in [0, 0.1) is 0 Å². The minimum Gasteiger partial charge on any atom is -0.454 e. The van der Waals surface area contributed by atoms with Crippen molar-refractivity contribution in [2.75, 3.05) is 12.1 Å². The van der Waals surface area contributed by atoms with Crippen LogP contribution in [-0.4, -0.2) is 12.7 Å². The molecule has 3 aliphatic rings. The third-order valence-electron chi connectivity index (χ3n) is 4.87. The van der Waals surface area contributed by atoms with Crippen LogP contribution in [0.5, 0.6) is 11.5 Å². The van der Waals surface area contributed by atoms with Crippen LogP contribution in [0.2, 0.25) is 0 Å². The number of allylic oxidation sites excluding steroid dienone is 2. The van der Waals surface area contributed by atoms with Gasteiger partial charge in [0, 0.05) is 22.9 Å². The number of nitrogens with two attached hydrogens (primary N) is 1. The summed E-state index contributed by atoms with van der Waals surface area (Å²) in [6, 6.07) is 5.87. The fraction of sp³-hybridized carbons (Fsp3) is 0.278. The largest absolute Gasteiger partial charge is 0.454 e. The Morgan fingerprint density at radius 2 is 2.21 bits per heavy atom. The van der Waals surface area contributed by atoms with Crippen LogP contribution < -0.4 is 20.5 Å². The normalized spacial score (nSPS) is 19.3. The first-order valence-electron chi connectivity index (χ1n) is 8.01. The Labute approximate surface area is 143 Å². The van der Waals surface area contributed by atoms with Crippen LogP contribution in [0.4, 0.5) is 5.00 Å². The number of benzene rings is 1. The quantitative estimate of drug-likeness (QED) is 0.894. The second-order valence-corrected chi connectivity index (χ2v) is 7.29. The van der Waals surface area contributed by atoms with Gasteiger partial charge in [-0.2, -0.15) is 0 Å². The second-order valence-electron chi connectivity index (χ2n) is 6.24. The minimum absolute atomic E-state index is 0.270. The maximum absolute atomic E-state index is 12.0. The van der Waals surface area contributed by atoms with Crippen molar-refractivity contribution in [3.63, 3.8) is 0 Å².